The molecular formula is C16H21NO3S2. The lowest BCUT2D eigenvalue weighted by Gasteiger charge is -2.14. The lowest BCUT2D eigenvalue weighted by molar-refractivity contribution is 0.414. The Morgan fingerprint density at radius 2 is 2.00 bits per heavy atom. The first-order valence-electron chi connectivity index (χ1n) is 7.04. The molecule has 1 unspecified atom stereocenters. The molecule has 120 valence electrons. The van der Waals surface area contributed by atoms with Gasteiger partial charge in [-0.15, -0.1) is 11.3 Å². The first-order chi connectivity index (χ1) is 10.3. The molecule has 1 atom stereocenters. The van der Waals surface area contributed by atoms with Crippen LogP contribution in [0.2, 0.25) is 0 Å². The normalized spacial score (nSPS) is 13.1. The fourth-order valence-electron chi connectivity index (χ4n) is 2.40. The van der Waals surface area contributed by atoms with Crippen molar-refractivity contribution in [3.05, 3.63) is 45.6 Å². The van der Waals surface area contributed by atoms with Gasteiger partial charge in [0.15, 0.2) is 0 Å². The maximum Gasteiger partial charge on any atom is 0.241 e. The largest absolute Gasteiger partial charge is 0.497 e. The number of sulfonamides is 1. The van der Waals surface area contributed by atoms with Crippen molar-refractivity contribution < 1.29 is 13.2 Å². The van der Waals surface area contributed by atoms with E-state index in [9.17, 15) is 8.42 Å². The van der Waals surface area contributed by atoms with E-state index in [1.54, 1.807) is 13.2 Å². The van der Waals surface area contributed by atoms with Gasteiger partial charge < -0.3 is 4.74 Å². The molecule has 0 bridgehead atoms. The fraction of sp³-hybridized carbons (Fsp3) is 0.375. The summed E-state index contributed by atoms with van der Waals surface area (Å²) in [6, 6.07) is 9.19. The van der Waals surface area contributed by atoms with E-state index >= 15 is 0 Å². The highest BCUT2D eigenvalue weighted by molar-refractivity contribution is 7.89. The third-order valence-electron chi connectivity index (χ3n) is 3.32. The molecule has 1 aromatic heterocycles. The van der Waals surface area contributed by atoms with Gasteiger partial charge in [0.05, 0.1) is 12.0 Å². The molecule has 0 fully saturated rings. The second kappa shape index (κ2) is 6.81. The van der Waals surface area contributed by atoms with Crippen LogP contribution in [0.5, 0.6) is 5.75 Å². The lowest BCUT2D eigenvalue weighted by Crippen LogP contribution is -2.34. The summed E-state index contributed by atoms with van der Waals surface area (Å²) in [7, 11) is -1.86. The van der Waals surface area contributed by atoms with Gasteiger partial charge in [-0.05, 0) is 51.0 Å². The first kappa shape index (κ1) is 17.0. The Kier molecular flexibility index (Phi) is 5.26. The van der Waals surface area contributed by atoms with Crippen LogP contribution < -0.4 is 9.46 Å². The van der Waals surface area contributed by atoms with Crippen LogP contribution in [0, 0.1) is 13.8 Å². The average Bonchev–Trinajstić information content (AvgIpc) is 2.78. The van der Waals surface area contributed by atoms with Gasteiger partial charge >= 0.3 is 0 Å². The summed E-state index contributed by atoms with van der Waals surface area (Å²) < 4.78 is 32.9. The Morgan fingerprint density at radius 3 is 2.59 bits per heavy atom. The highest BCUT2D eigenvalue weighted by Crippen LogP contribution is 2.25. The van der Waals surface area contributed by atoms with E-state index in [-0.39, 0.29) is 6.04 Å². The van der Waals surface area contributed by atoms with Gasteiger partial charge in [0.1, 0.15) is 5.75 Å². The monoisotopic (exact) mass is 339 g/mol. The van der Waals surface area contributed by atoms with E-state index in [2.05, 4.69) is 4.72 Å². The topological polar surface area (TPSA) is 55.4 Å². The van der Waals surface area contributed by atoms with Gasteiger partial charge in [-0.1, -0.05) is 12.1 Å². The minimum absolute atomic E-state index is 0.197. The number of hydrogen-bond donors (Lipinski definition) is 1. The quantitative estimate of drug-likeness (QED) is 0.879. The number of thiophene rings is 1. The van der Waals surface area contributed by atoms with Crippen LogP contribution in [0.1, 0.15) is 22.2 Å². The zero-order valence-electron chi connectivity index (χ0n) is 13.2. The Hall–Kier alpha value is -1.37. The number of nitrogens with one attached hydrogen (secondary N) is 1. The number of methoxy groups -OCH3 is 1. The third kappa shape index (κ3) is 4.09. The maximum atomic E-state index is 12.5. The molecule has 0 aliphatic rings. The van der Waals surface area contributed by atoms with E-state index in [1.807, 2.05) is 45.0 Å². The van der Waals surface area contributed by atoms with Gasteiger partial charge in [-0.2, -0.15) is 0 Å². The van der Waals surface area contributed by atoms with Crippen LogP contribution in [-0.2, 0) is 16.4 Å². The smallest absolute Gasteiger partial charge is 0.241 e. The van der Waals surface area contributed by atoms with Crippen LogP contribution in [0.15, 0.2) is 35.2 Å². The van der Waals surface area contributed by atoms with Crippen LogP contribution in [-0.4, -0.2) is 21.6 Å². The first-order valence-corrected chi connectivity index (χ1v) is 9.34. The zero-order valence-corrected chi connectivity index (χ0v) is 14.8. The Labute approximate surface area is 136 Å². The summed E-state index contributed by atoms with van der Waals surface area (Å²) in [6.45, 7) is 5.61. The van der Waals surface area contributed by atoms with E-state index < -0.39 is 10.0 Å². The minimum atomic E-state index is -3.48. The summed E-state index contributed by atoms with van der Waals surface area (Å²) >= 11 is 1.50. The molecule has 0 amide bonds. The van der Waals surface area contributed by atoms with E-state index in [4.69, 9.17) is 4.74 Å². The zero-order chi connectivity index (χ0) is 16.3. The predicted octanol–water partition coefficient (Wildman–Crippen LogP) is 3.28. The van der Waals surface area contributed by atoms with Gasteiger partial charge in [-0.3, -0.25) is 0 Å². The molecule has 2 aromatic rings. The molecule has 1 heterocycles. The second-order valence-corrected chi connectivity index (χ2v) is 8.50. The van der Waals surface area contributed by atoms with Crippen molar-refractivity contribution >= 4 is 21.4 Å². The highest BCUT2D eigenvalue weighted by atomic mass is 32.2. The maximum absolute atomic E-state index is 12.5. The Balaban J connectivity index is 2.10. The molecule has 0 aliphatic carbocycles. The van der Waals surface area contributed by atoms with Crippen molar-refractivity contribution in [1.82, 2.24) is 4.72 Å². The second-order valence-electron chi connectivity index (χ2n) is 5.36. The lowest BCUT2D eigenvalue weighted by atomic mass is 10.1. The Bertz CT molecular complexity index is 751. The molecule has 6 heteroatoms. The van der Waals surface area contributed by atoms with Crippen LogP contribution in [0.25, 0.3) is 0 Å². The summed E-state index contributed by atoms with van der Waals surface area (Å²) in [5.74, 6) is 0.775. The summed E-state index contributed by atoms with van der Waals surface area (Å²) in [5, 5.41) is 0. The minimum Gasteiger partial charge on any atom is -0.497 e. The van der Waals surface area contributed by atoms with Gasteiger partial charge in [0, 0.05) is 15.8 Å². The molecule has 0 aliphatic heterocycles. The molecule has 0 saturated carbocycles. The Morgan fingerprint density at radius 1 is 1.27 bits per heavy atom. The fourth-order valence-corrected chi connectivity index (χ4v) is 5.20. The number of aryl methyl sites for hydroxylation is 2. The molecule has 0 saturated heterocycles. The molecule has 4 nitrogen and oxygen atoms in total. The molecule has 0 radical (unpaired) electrons. The SMILES string of the molecule is COc1cccc(CC(C)NS(=O)(=O)c2cc(C)sc2C)c1. The van der Waals surface area contributed by atoms with Crippen molar-refractivity contribution in [2.24, 2.45) is 0 Å². The molecular weight excluding hydrogens is 318 g/mol. The van der Waals surface area contributed by atoms with E-state index in [0.29, 0.717) is 11.3 Å². The molecule has 1 N–H and O–H groups in total. The van der Waals surface area contributed by atoms with Gasteiger partial charge in [0.2, 0.25) is 10.0 Å². The molecule has 22 heavy (non-hydrogen) atoms. The van der Waals surface area contributed by atoms with E-state index in [1.165, 1.54) is 11.3 Å². The molecule has 2 rings (SSSR count). The predicted molar refractivity (Wildman–Crippen MR) is 90.3 cm³/mol. The van der Waals surface area contributed by atoms with Crippen LogP contribution in [0.4, 0.5) is 0 Å². The third-order valence-corrected chi connectivity index (χ3v) is 6.13. The standard InChI is InChI=1S/C16H21NO3S2/c1-11(8-14-6-5-7-15(10-14)20-4)17-22(18,19)16-9-12(2)21-13(16)3/h5-7,9-11,17H,8H2,1-4H3. The summed E-state index contributed by atoms with van der Waals surface area (Å²) in [6.07, 6.45) is 0.610. The van der Waals surface area contributed by atoms with Crippen LogP contribution in [0.3, 0.4) is 0 Å². The number of hydrogen-bond acceptors (Lipinski definition) is 4. The van der Waals surface area contributed by atoms with Crippen molar-refractivity contribution in [2.75, 3.05) is 7.11 Å². The van der Waals surface area contributed by atoms with Crippen LogP contribution >= 0.6 is 11.3 Å². The van der Waals surface area contributed by atoms with Crippen molar-refractivity contribution in [3.63, 3.8) is 0 Å². The molecule has 1 aromatic carbocycles. The van der Waals surface area contributed by atoms with Gasteiger partial charge in [0.25, 0.3) is 0 Å². The van der Waals surface area contributed by atoms with Crippen molar-refractivity contribution in [2.45, 2.75) is 38.1 Å². The number of rotatable bonds is 6. The van der Waals surface area contributed by atoms with Gasteiger partial charge in [-0.25, -0.2) is 13.1 Å². The number of benzene rings is 1. The van der Waals surface area contributed by atoms with Crippen molar-refractivity contribution in [3.8, 4) is 5.75 Å². The van der Waals surface area contributed by atoms with E-state index in [0.717, 1.165) is 21.1 Å². The average molecular weight is 339 g/mol. The number of ether oxygens (including phenoxy) is 1. The van der Waals surface area contributed by atoms with Crippen molar-refractivity contribution in [1.29, 1.82) is 0 Å². The highest BCUT2D eigenvalue weighted by Gasteiger charge is 2.21. The summed E-state index contributed by atoms with van der Waals surface area (Å²) in [4.78, 5) is 2.20. The summed E-state index contributed by atoms with van der Waals surface area (Å²) in [5.41, 5.74) is 1.03. The molecule has 0 spiro atoms.